The zero-order chi connectivity index (χ0) is 14.8. The topological polar surface area (TPSA) is 36.3 Å². The first-order valence-electron chi connectivity index (χ1n) is 7.54. The minimum absolute atomic E-state index is 0.552. The van der Waals surface area contributed by atoms with Crippen LogP contribution < -0.4 is 4.74 Å². The van der Waals surface area contributed by atoms with E-state index in [1.165, 1.54) is 19.3 Å². The molecule has 0 unspecified atom stereocenters. The van der Waals surface area contributed by atoms with E-state index in [9.17, 15) is 0 Å². The van der Waals surface area contributed by atoms with Crippen LogP contribution in [0.3, 0.4) is 0 Å². The largest absolute Gasteiger partial charge is 0.492 e. The van der Waals surface area contributed by atoms with E-state index in [1.807, 2.05) is 12.1 Å². The zero-order valence-electron chi connectivity index (χ0n) is 12.9. The highest BCUT2D eigenvalue weighted by molar-refractivity contribution is 5.34. The lowest BCUT2D eigenvalue weighted by atomic mass is 10.2. The monoisotopic (exact) mass is 274 g/mol. The summed E-state index contributed by atoms with van der Waals surface area (Å²) in [7, 11) is 0. The Morgan fingerprint density at radius 3 is 2.40 bits per heavy atom. The van der Waals surface area contributed by atoms with Crippen molar-refractivity contribution in [3.05, 3.63) is 29.8 Å². The predicted molar refractivity (Wildman–Crippen MR) is 82.9 cm³/mol. The van der Waals surface area contributed by atoms with Crippen LogP contribution in [0.4, 0.5) is 0 Å². The molecule has 1 aromatic rings. The lowest BCUT2D eigenvalue weighted by molar-refractivity contribution is 0.173. The number of nitriles is 1. The van der Waals surface area contributed by atoms with Crippen molar-refractivity contribution < 1.29 is 4.74 Å². The maximum atomic E-state index is 8.74. The fourth-order valence-electron chi connectivity index (χ4n) is 2.10. The summed E-state index contributed by atoms with van der Waals surface area (Å²) in [5.74, 6) is 0.835. The van der Waals surface area contributed by atoms with Crippen molar-refractivity contribution in [1.82, 2.24) is 4.90 Å². The quantitative estimate of drug-likeness (QED) is 0.642. The van der Waals surface area contributed by atoms with Crippen LogP contribution in [0.5, 0.6) is 5.75 Å². The van der Waals surface area contributed by atoms with Crippen molar-refractivity contribution in [3.63, 3.8) is 0 Å². The molecule has 0 saturated heterocycles. The van der Waals surface area contributed by atoms with Gasteiger partial charge in [-0.15, -0.1) is 0 Å². The van der Waals surface area contributed by atoms with Crippen LogP contribution in [0.2, 0.25) is 0 Å². The molecule has 0 radical (unpaired) electrons. The van der Waals surface area contributed by atoms with Crippen molar-refractivity contribution in [2.75, 3.05) is 19.7 Å². The predicted octanol–water partition coefficient (Wildman–Crippen LogP) is 3.84. The van der Waals surface area contributed by atoms with Crippen molar-refractivity contribution in [2.45, 2.75) is 46.1 Å². The molecule has 110 valence electrons. The van der Waals surface area contributed by atoms with Crippen LogP contribution in [0.15, 0.2) is 24.3 Å². The average molecular weight is 274 g/mol. The van der Waals surface area contributed by atoms with E-state index in [4.69, 9.17) is 10.00 Å². The van der Waals surface area contributed by atoms with Gasteiger partial charge in [-0.1, -0.05) is 19.8 Å². The number of nitrogens with zero attached hydrogens (tertiary/aromatic N) is 2. The zero-order valence-corrected chi connectivity index (χ0v) is 12.9. The fourth-order valence-corrected chi connectivity index (χ4v) is 2.10. The SMILES string of the molecule is CCCCCN(CCOc1ccc(C#N)cc1)C(C)C. The molecule has 0 aromatic heterocycles. The van der Waals surface area contributed by atoms with Gasteiger partial charge in [0.25, 0.3) is 0 Å². The highest BCUT2D eigenvalue weighted by Gasteiger charge is 2.08. The standard InChI is InChI=1S/C17H26N2O/c1-4-5-6-11-19(15(2)3)12-13-20-17-9-7-16(14-18)8-10-17/h7-10,15H,4-6,11-13H2,1-3H3. The molecule has 0 aliphatic heterocycles. The van der Waals surface area contributed by atoms with Gasteiger partial charge in [-0.3, -0.25) is 4.90 Å². The molecule has 1 rings (SSSR count). The van der Waals surface area contributed by atoms with Crippen LogP contribution in [-0.2, 0) is 0 Å². The molecule has 0 aliphatic rings. The van der Waals surface area contributed by atoms with Crippen molar-refractivity contribution in [2.24, 2.45) is 0 Å². The minimum atomic E-state index is 0.552. The van der Waals surface area contributed by atoms with E-state index >= 15 is 0 Å². The number of hydrogen-bond donors (Lipinski definition) is 0. The van der Waals surface area contributed by atoms with E-state index in [0.29, 0.717) is 18.2 Å². The first-order chi connectivity index (χ1) is 9.67. The fraction of sp³-hybridized carbons (Fsp3) is 0.588. The Balaban J connectivity index is 2.33. The number of hydrogen-bond acceptors (Lipinski definition) is 3. The van der Waals surface area contributed by atoms with Gasteiger partial charge in [-0.25, -0.2) is 0 Å². The Kier molecular flexibility index (Phi) is 7.75. The summed E-state index contributed by atoms with van der Waals surface area (Å²) in [6.45, 7) is 9.47. The van der Waals surface area contributed by atoms with Crippen LogP contribution in [0.1, 0.15) is 45.6 Å². The highest BCUT2D eigenvalue weighted by Crippen LogP contribution is 2.12. The molecule has 1 aromatic carbocycles. The molecule has 0 atom stereocenters. The lowest BCUT2D eigenvalue weighted by Gasteiger charge is -2.26. The van der Waals surface area contributed by atoms with Gasteiger partial charge in [0.2, 0.25) is 0 Å². The Bertz CT molecular complexity index is 406. The maximum Gasteiger partial charge on any atom is 0.119 e. The summed E-state index contributed by atoms with van der Waals surface area (Å²) in [6, 6.07) is 9.95. The van der Waals surface area contributed by atoms with Crippen molar-refractivity contribution in [1.29, 1.82) is 5.26 Å². The molecule has 0 fully saturated rings. The lowest BCUT2D eigenvalue weighted by Crippen LogP contribution is -2.35. The van der Waals surface area contributed by atoms with Gasteiger partial charge in [-0.05, 0) is 51.1 Å². The second-order valence-electron chi connectivity index (χ2n) is 5.32. The van der Waals surface area contributed by atoms with Gasteiger partial charge in [0, 0.05) is 12.6 Å². The summed E-state index contributed by atoms with van der Waals surface area (Å²) >= 11 is 0. The molecular weight excluding hydrogens is 248 g/mol. The Labute approximate surface area is 123 Å². The first-order valence-corrected chi connectivity index (χ1v) is 7.54. The Hall–Kier alpha value is -1.53. The van der Waals surface area contributed by atoms with Crippen molar-refractivity contribution >= 4 is 0 Å². The minimum Gasteiger partial charge on any atom is -0.492 e. The highest BCUT2D eigenvalue weighted by atomic mass is 16.5. The number of benzene rings is 1. The molecule has 0 amide bonds. The molecule has 0 aliphatic carbocycles. The molecule has 0 bridgehead atoms. The van der Waals surface area contributed by atoms with E-state index in [0.717, 1.165) is 18.8 Å². The first kappa shape index (κ1) is 16.5. The summed E-state index contributed by atoms with van der Waals surface area (Å²) in [5, 5.41) is 8.74. The normalized spacial score (nSPS) is 10.8. The summed E-state index contributed by atoms with van der Waals surface area (Å²) in [4.78, 5) is 2.46. The molecule has 3 nitrogen and oxygen atoms in total. The van der Waals surface area contributed by atoms with Crippen LogP contribution >= 0.6 is 0 Å². The van der Waals surface area contributed by atoms with Gasteiger partial charge >= 0.3 is 0 Å². The molecule has 0 spiro atoms. The third-order valence-electron chi connectivity index (χ3n) is 3.41. The third-order valence-corrected chi connectivity index (χ3v) is 3.41. The van der Waals surface area contributed by atoms with E-state index < -0.39 is 0 Å². The second kappa shape index (κ2) is 9.39. The van der Waals surface area contributed by atoms with Gasteiger partial charge in [0.05, 0.1) is 11.6 Å². The second-order valence-corrected chi connectivity index (χ2v) is 5.32. The molecule has 0 heterocycles. The molecular formula is C17H26N2O. The summed E-state index contributed by atoms with van der Waals surface area (Å²) in [5.41, 5.74) is 0.667. The van der Waals surface area contributed by atoms with E-state index in [-0.39, 0.29) is 0 Å². The molecule has 0 N–H and O–H groups in total. The van der Waals surface area contributed by atoms with Gasteiger partial charge in [0.1, 0.15) is 12.4 Å². The van der Waals surface area contributed by atoms with E-state index in [2.05, 4.69) is 31.7 Å². The molecule has 0 saturated carbocycles. The number of rotatable bonds is 9. The van der Waals surface area contributed by atoms with Crippen LogP contribution in [0, 0.1) is 11.3 Å². The Morgan fingerprint density at radius 2 is 1.85 bits per heavy atom. The number of unbranched alkanes of at least 4 members (excludes halogenated alkanes) is 2. The van der Waals surface area contributed by atoms with Gasteiger partial charge in [0.15, 0.2) is 0 Å². The number of ether oxygens (including phenoxy) is 1. The van der Waals surface area contributed by atoms with Gasteiger partial charge in [-0.2, -0.15) is 5.26 Å². The average Bonchev–Trinajstić information content (AvgIpc) is 2.46. The maximum absolute atomic E-state index is 8.74. The summed E-state index contributed by atoms with van der Waals surface area (Å²) < 4.78 is 5.74. The summed E-state index contributed by atoms with van der Waals surface area (Å²) in [6.07, 6.45) is 3.80. The van der Waals surface area contributed by atoms with Crippen LogP contribution in [-0.4, -0.2) is 30.6 Å². The van der Waals surface area contributed by atoms with Crippen LogP contribution in [0.25, 0.3) is 0 Å². The molecule has 3 heteroatoms. The van der Waals surface area contributed by atoms with E-state index in [1.54, 1.807) is 12.1 Å². The third kappa shape index (κ3) is 6.08. The smallest absolute Gasteiger partial charge is 0.119 e. The Morgan fingerprint density at radius 1 is 1.15 bits per heavy atom. The van der Waals surface area contributed by atoms with Crippen molar-refractivity contribution in [3.8, 4) is 11.8 Å². The van der Waals surface area contributed by atoms with Gasteiger partial charge < -0.3 is 4.74 Å². The molecule has 20 heavy (non-hydrogen) atoms.